The van der Waals surface area contributed by atoms with Crippen LogP contribution in [0.5, 0.6) is 0 Å². The van der Waals surface area contributed by atoms with Crippen molar-refractivity contribution in [2.24, 2.45) is 5.73 Å². The first-order chi connectivity index (χ1) is 14.5. The van der Waals surface area contributed by atoms with Gasteiger partial charge in [0.05, 0.1) is 23.1 Å². The molecule has 0 atom stereocenters. The van der Waals surface area contributed by atoms with E-state index in [1.165, 1.54) is 30.5 Å². The average Bonchev–Trinajstić information content (AvgIpc) is 2.67. The van der Waals surface area contributed by atoms with Gasteiger partial charge in [-0.1, -0.05) is 6.07 Å². The number of anilines is 2. The smallest absolute Gasteiger partial charge is 0.357 e. The summed E-state index contributed by atoms with van der Waals surface area (Å²) in [6.07, 6.45) is 1.33. The Hall–Kier alpha value is -3.95. The number of carbonyl (C=O) groups excluding carboxylic acids is 2. The van der Waals surface area contributed by atoms with E-state index in [1.807, 2.05) is 0 Å². The van der Waals surface area contributed by atoms with Gasteiger partial charge in [0.1, 0.15) is 28.6 Å². The normalized spacial score (nSPS) is 11.1. The lowest BCUT2D eigenvalue weighted by Gasteiger charge is -2.19. The van der Waals surface area contributed by atoms with Crippen molar-refractivity contribution in [3.8, 4) is 11.3 Å². The number of aromatic nitrogens is 3. The molecule has 1 amide bonds. The van der Waals surface area contributed by atoms with Crippen LogP contribution in [0.3, 0.4) is 0 Å². The van der Waals surface area contributed by atoms with Crippen LogP contribution in [0.1, 0.15) is 41.7 Å². The van der Waals surface area contributed by atoms with Crippen molar-refractivity contribution in [1.29, 1.82) is 0 Å². The molecule has 0 unspecified atom stereocenters. The van der Waals surface area contributed by atoms with E-state index in [2.05, 4.69) is 20.5 Å². The third-order valence-electron chi connectivity index (χ3n) is 3.90. The van der Waals surface area contributed by atoms with E-state index in [0.29, 0.717) is 5.69 Å². The Morgan fingerprint density at radius 2 is 1.74 bits per heavy atom. The van der Waals surface area contributed by atoms with E-state index in [0.717, 1.165) is 12.1 Å². The predicted molar refractivity (Wildman–Crippen MR) is 109 cm³/mol. The standard InChI is InChI=1S/C21H19F2N5O3/c1-21(2,3)31-20(30)14-8-7-11(10-25-14)26-16-9-15(27-28-18(16)19(24)29)17-12(22)5-4-6-13(17)23/h4-10H,1-3H3,(H2,24,29)(H,26,27). The fourth-order valence-electron chi connectivity index (χ4n) is 2.61. The van der Waals surface area contributed by atoms with Gasteiger partial charge in [-0.15, -0.1) is 10.2 Å². The van der Waals surface area contributed by atoms with Crippen molar-refractivity contribution >= 4 is 23.3 Å². The minimum Gasteiger partial charge on any atom is -0.455 e. The highest BCUT2D eigenvalue weighted by molar-refractivity contribution is 5.97. The summed E-state index contributed by atoms with van der Waals surface area (Å²) >= 11 is 0. The number of benzene rings is 1. The number of nitrogens with zero attached hydrogens (tertiary/aromatic N) is 3. The Bertz CT molecular complexity index is 1120. The Morgan fingerprint density at radius 3 is 2.29 bits per heavy atom. The lowest BCUT2D eigenvalue weighted by Crippen LogP contribution is -2.24. The van der Waals surface area contributed by atoms with Crippen LogP contribution in [0.15, 0.2) is 42.6 Å². The van der Waals surface area contributed by atoms with Crippen LogP contribution in [-0.2, 0) is 4.74 Å². The Kier molecular flexibility index (Phi) is 5.91. The number of ether oxygens (including phenoxy) is 1. The number of carbonyl (C=O) groups is 2. The van der Waals surface area contributed by atoms with Crippen LogP contribution < -0.4 is 11.1 Å². The van der Waals surface area contributed by atoms with Gasteiger partial charge in [0, 0.05) is 0 Å². The van der Waals surface area contributed by atoms with Gasteiger partial charge >= 0.3 is 5.97 Å². The lowest BCUT2D eigenvalue weighted by atomic mass is 10.1. The highest BCUT2D eigenvalue weighted by Crippen LogP contribution is 2.28. The molecule has 3 aromatic rings. The number of halogens is 2. The summed E-state index contributed by atoms with van der Waals surface area (Å²) in [5, 5.41) is 10.3. The molecule has 10 heteroatoms. The second-order valence-electron chi connectivity index (χ2n) is 7.51. The van der Waals surface area contributed by atoms with Gasteiger partial charge in [0.15, 0.2) is 5.69 Å². The minimum atomic E-state index is -0.895. The zero-order valence-corrected chi connectivity index (χ0v) is 16.9. The van der Waals surface area contributed by atoms with Gasteiger partial charge in [0.2, 0.25) is 0 Å². The summed E-state index contributed by atoms with van der Waals surface area (Å²) < 4.78 is 33.5. The number of nitrogens with two attached hydrogens (primary N) is 1. The second-order valence-corrected chi connectivity index (χ2v) is 7.51. The second kappa shape index (κ2) is 8.42. The maximum Gasteiger partial charge on any atom is 0.357 e. The third-order valence-corrected chi connectivity index (χ3v) is 3.90. The quantitative estimate of drug-likeness (QED) is 0.597. The Labute approximate surface area is 176 Å². The van der Waals surface area contributed by atoms with Crippen molar-refractivity contribution < 1.29 is 23.1 Å². The summed E-state index contributed by atoms with van der Waals surface area (Å²) in [6.45, 7) is 5.20. The molecule has 8 nitrogen and oxygen atoms in total. The van der Waals surface area contributed by atoms with Crippen molar-refractivity contribution in [3.63, 3.8) is 0 Å². The monoisotopic (exact) mass is 427 g/mol. The SMILES string of the molecule is CC(C)(C)OC(=O)c1ccc(Nc2cc(-c3c(F)cccc3F)nnc2C(N)=O)cn1. The van der Waals surface area contributed by atoms with Gasteiger partial charge in [-0.05, 0) is 51.1 Å². The summed E-state index contributed by atoms with van der Waals surface area (Å²) in [5.41, 5.74) is 4.39. The molecular weight excluding hydrogens is 408 g/mol. The van der Waals surface area contributed by atoms with Gasteiger partial charge < -0.3 is 15.8 Å². The first kappa shape index (κ1) is 21.8. The van der Waals surface area contributed by atoms with Crippen LogP contribution in [0.25, 0.3) is 11.3 Å². The van der Waals surface area contributed by atoms with E-state index in [1.54, 1.807) is 20.8 Å². The van der Waals surface area contributed by atoms with Crippen molar-refractivity contribution in [1.82, 2.24) is 15.2 Å². The van der Waals surface area contributed by atoms with Crippen molar-refractivity contribution in [2.75, 3.05) is 5.32 Å². The van der Waals surface area contributed by atoms with E-state index in [-0.39, 0.29) is 22.8 Å². The molecule has 0 radical (unpaired) electrons. The van der Waals surface area contributed by atoms with Crippen LogP contribution in [-0.4, -0.2) is 32.7 Å². The number of hydrogen-bond acceptors (Lipinski definition) is 7. The fourth-order valence-corrected chi connectivity index (χ4v) is 2.61. The highest BCUT2D eigenvalue weighted by atomic mass is 19.1. The zero-order chi connectivity index (χ0) is 22.8. The summed E-state index contributed by atoms with van der Waals surface area (Å²) in [7, 11) is 0. The Balaban J connectivity index is 1.93. The molecular formula is C21H19F2N5O3. The number of esters is 1. The number of pyridine rings is 1. The molecule has 0 aliphatic heterocycles. The molecule has 0 bridgehead atoms. The minimum absolute atomic E-state index is 0.0620. The molecule has 3 rings (SSSR count). The lowest BCUT2D eigenvalue weighted by molar-refractivity contribution is 0.00628. The van der Waals surface area contributed by atoms with Gasteiger partial charge in [-0.25, -0.2) is 18.6 Å². The van der Waals surface area contributed by atoms with Crippen LogP contribution in [0.2, 0.25) is 0 Å². The maximum absolute atomic E-state index is 14.1. The number of nitrogens with one attached hydrogen (secondary N) is 1. The average molecular weight is 427 g/mol. The Morgan fingerprint density at radius 1 is 1.06 bits per heavy atom. The van der Waals surface area contributed by atoms with E-state index < -0.39 is 34.7 Å². The van der Waals surface area contributed by atoms with Gasteiger partial charge in [0.25, 0.3) is 5.91 Å². The van der Waals surface area contributed by atoms with Crippen LogP contribution in [0.4, 0.5) is 20.2 Å². The van der Waals surface area contributed by atoms with E-state index >= 15 is 0 Å². The number of rotatable bonds is 5. The molecule has 0 aliphatic carbocycles. The third kappa shape index (κ3) is 5.16. The summed E-state index contributed by atoms with van der Waals surface area (Å²) in [4.78, 5) is 27.8. The molecule has 0 saturated heterocycles. The molecule has 0 fully saturated rings. The number of primary amides is 1. The molecule has 0 aliphatic rings. The molecule has 31 heavy (non-hydrogen) atoms. The predicted octanol–water partition coefficient (Wildman–Crippen LogP) is 3.61. The van der Waals surface area contributed by atoms with E-state index in [9.17, 15) is 18.4 Å². The molecule has 160 valence electrons. The number of amides is 1. The zero-order valence-electron chi connectivity index (χ0n) is 16.9. The molecule has 2 heterocycles. The van der Waals surface area contributed by atoms with E-state index in [4.69, 9.17) is 10.5 Å². The molecule has 0 spiro atoms. The molecule has 3 N–H and O–H groups in total. The van der Waals surface area contributed by atoms with Crippen molar-refractivity contribution in [3.05, 3.63) is 65.6 Å². The molecule has 0 saturated carbocycles. The fraction of sp³-hybridized carbons (Fsp3) is 0.190. The first-order valence-electron chi connectivity index (χ1n) is 9.13. The summed E-state index contributed by atoms with van der Waals surface area (Å²) in [5.74, 6) is -3.17. The first-order valence-corrected chi connectivity index (χ1v) is 9.13. The van der Waals surface area contributed by atoms with Crippen LogP contribution >= 0.6 is 0 Å². The molecule has 2 aromatic heterocycles. The van der Waals surface area contributed by atoms with Crippen molar-refractivity contribution in [2.45, 2.75) is 26.4 Å². The topological polar surface area (TPSA) is 120 Å². The molecule has 1 aromatic carbocycles. The maximum atomic E-state index is 14.1. The van der Waals surface area contributed by atoms with Crippen LogP contribution in [0, 0.1) is 11.6 Å². The van der Waals surface area contributed by atoms with Gasteiger partial charge in [-0.3, -0.25) is 4.79 Å². The van der Waals surface area contributed by atoms with Gasteiger partial charge in [-0.2, -0.15) is 0 Å². The number of hydrogen-bond donors (Lipinski definition) is 2. The summed E-state index contributed by atoms with van der Waals surface area (Å²) in [6, 6.07) is 7.56. The highest BCUT2D eigenvalue weighted by Gasteiger charge is 2.20. The largest absolute Gasteiger partial charge is 0.455 e.